The summed E-state index contributed by atoms with van der Waals surface area (Å²) in [6.07, 6.45) is 1.68. The Morgan fingerprint density at radius 3 is 2.87 bits per heavy atom. The Morgan fingerprint density at radius 2 is 2.33 bits per heavy atom. The fraction of sp³-hybridized carbons (Fsp3) is 0.500. The zero-order chi connectivity index (χ0) is 10.9. The number of hydrogen-bond acceptors (Lipinski definition) is 4. The maximum absolute atomic E-state index is 11.6. The van der Waals surface area contributed by atoms with Crippen LogP contribution in [0.2, 0.25) is 0 Å². The number of hydrogen-bond donors (Lipinski definition) is 2. The Hall–Kier alpha value is -1.33. The number of aliphatic hydroxyl groups excluding tert-OH is 1. The molecule has 0 amide bonds. The number of nitrogens with two attached hydrogens (primary N) is 1. The summed E-state index contributed by atoms with van der Waals surface area (Å²) in [5.74, 6) is 0. The maximum atomic E-state index is 11.6. The number of aliphatic hydroxyl groups is 1. The predicted molar refractivity (Wildman–Crippen MR) is 55.5 cm³/mol. The summed E-state index contributed by atoms with van der Waals surface area (Å²) in [5.41, 5.74) is 5.22. The van der Waals surface area contributed by atoms with E-state index in [1.807, 2.05) is 0 Å². The molecule has 0 atom stereocenters. The van der Waals surface area contributed by atoms with E-state index in [0.717, 1.165) is 0 Å². The third kappa shape index (κ3) is 1.75. The highest BCUT2D eigenvalue weighted by Gasteiger charge is 2.38. The van der Waals surface area contributed by atoms with Crippen molar-refractivity contribution in [2.75, 3.05) is 25.6 Å². The van der Waals surface area contributed by atoms with E-state index in [2.05, 4.69) is 0 Å². The first-order valence-corrected chi connectivity index (χ1v) is 4.80. The van der Waals surface area contributed by atoms with Crippen LogP contribution >= 0.6 is 0 Å². The lowest BCUT2D eigenvalue weighted by atomic mass is 9.87. The molecule has 0 unspecified atom stereocenters. The highest BCUT2D eigenvalue weighted by atomic mass is 16.5. The Bertz CT molecular complexity index is 404. The van der Waals surface area contributed by atoms with Crippen molar-refractivity contribution in [1.82, 2.24) is 4.57 Å². The second-order valence-corrected chi connectivity index (χ2v) is 4.05. The minimum atomic E-state index is -0.308. The van der Waals surface area contributed by atoms with E-state index in [1.54, 1.807) is 18.3 Å². The molecule has 0 saturated carbocycles. The molecule has 1 aromatic heterocycles. The van der Waals surface area contributed by atoms with Crippen LogP contribution in [0.4, 0.5) is 5.69 Å². The standard InChI is InChI=1S/C10H14N2O3/c11-8-2-1-3-12(9(8)14)4-10(5-13)6-15-7-10/h1-3,13H,4-7,11H2. The van der Waals surface area contributed by atoms with Crippen molar-refractivity contribution in [2.24, 2.45) is 5.41 Å². The number of rotatable bonds is 3. The fourth-order valence-corrected chi connectivity index (χ4v) is 1.66. The summed E-state index contributed by atoms with van der Waals surface area (Å²) in [7, 11) is 0. The van der Waals surface area contributed by atoms with Crippen LogP contribution in [-0.2, 0) is 11.3 Å². The maximum Gasteiger partial charge on any atom is 0.273 e. The van der Waals surface area contributed by atoms with E-state index in [0.29, 0.717) is 19.8 Å². The average Bonchev–Trinajstić information content (AvgIpc) is 2.18. The van der Waals surface area contributed by atoms with Gasteiger partial charge in [-0.3, -0.25) is 4.79 Å². The average molecular weight is 210 g/mol. The molecule has 1 aromatic rings. The Morgan fingerprint density at radius 1 is 1.60 bits per heavy atom. The largest absolute Gasteiger partial charge is 0.396 e. The summed E-state index contributed by atoms with van der Waals surface area (Å²) in [6.45, 7) is 1.46. The zero-order valence-corrected chi connectivity index (χ0v) is 8.35. The molecule has 1 aliphatic rings. The summed E-state index contributed by atoms with van der Waals surface area (Å²) in [4.78, 5) is 11.6. The highest BCUT2D eigenvalue weighted by molar-refractivity contribution is 5.33. The molecule has 3 N–H and O–H groups in total. The number of nitrogens with zero attached hydrogens (tertiary/aromatic N) is 1. The van der Waals surface area contributed by atoms with Gasteiger partial charge in [-0.2, -0.15) is 0 Å². The van der Waals surface area contributed by atoms with Gasteiger partial charge in [0.15, 0.2) is 0 Å². The molecule has 82 valence electrons. The Labute approximate surface area is 87.1 Å². The fourth-order valence-electron chi connectivity index (χ4n) is 1.66. The van der Waals surface area contributed by atoms with Gasteiger partial charge in [-0.1, -0.05) is 0 Å². The van der Waals surface area contributed by atoms with Gasteiger partial charge in [0.25, 0.3) is 5.56 Å². The van der Waals surface area contributed by atoms with E-state index in [-0.39, 0.29) is 23.3 Å². The number of nitrogen functional groups attached to an aromatic ring is 1. The van der Waals surface area contributed by atoms with Crippen molar-refractivity contribution in [1.29, 1.82) is 0 Å². The van der Waals surface area contributed by atoms with Crippen LogP contribution in [0.3, 0.4) is 0 Å². The molecule has 2 heterocycles. The molecular weight excluding hydrogens is 196 g/mol. The lowest BCUT2D eigenvalue weighted by Gasteiger charge is -2.40. The van der Waals surface area contributed by atoms with Gasteiger partial charge in [-0.25, -0.2) is 0 Å². The first-order valence-electron chi connectivity index (χ1n) is 4.80. The smallest absolute Gasteiger partial charge is 0.273 e. The Balaban J connectivity index is 2.24. The first kappa shape index (κ1) is 10.2. The third-order valence-electron chi connectivity index (χ3n) is 2.71. The van der Waals surface area contributed by atoms with Gasteiger partial charge in [-0.05, 0) is 12.1 Å². The molecule has 0 spiro atoms. The van der Waals surface area contributed by atoms with Crippen molar-refractivity contribution >= 4 is 5.69 Å². The van der Waals surface area contributed by atoms with Gasteiger partial charge in [0.05, 0.1) is 30.9 Å². The van der Waals surface area contributed by atoms with Gasteiger partial charge < -0.3 is 20.1 Å². The molecule has 1 saturated heterocycles. The zero-order valence-electron chi connectivity index (χ0n) is 8.35. The van der Waals surface area contributed by atoms with Crippen LogP contribution in [0, 0.1) is 5.41 Å². The minimum absolute atomic E-state index is 0.0221. The molecule has 0 radical (unpaired) electrons. The summed E-state index contributed by atoms with van der Waals surface area (Å²) >= 11 is 0. The number of aromatic nitrogens is 1. The van der Waals surface area contributed by atoms with Crippen LogP contribution in [0.5, 0.6) is 0 Å². The topological polar surface area (TPSA) is 77.5 Å². The van der Waals surface area contributed by atoms with Gasteiger partial charge in [0.1, 0.15) is 0 Å². The summed E-state index contributed by atoms with van der Waals surface area (Å²) in [5, 5.41) is 9.23. The highest BCUT2D eigenvalue weighted by Crippen LogP contribution is 2.28. The molecule has 2 rings (SSSR count). The molecule has 5 nitrogen and oxygen atoms in total. The Kier molecular flexibility index (Phi) is 2.50. The molecule has 1 fully saturated rings. The minimum Gasteiger partial charge on any atom is -0.396 e. The second-order valence-electron chi connectivity index (χ2n) is 4.05. The van der Waals surface area contributed by atoms with Crippen molar-refractivity contribution in [3.8, 4) is 0 Å². The van der Waals surface area contributed by atoms with E-state index in [4.69, 9.17) is 10.5 Å². The number of ether oxygens (including phenoxy) is 1. The van der Waals surface area contributed by atoms with Gasteiger partial charge in [-0.15, -0.1) is 0 Å². The van der Waals surface area contributed by atoms with Crippen molar-refractivity contribution < 1.29 is 9.84 Å². The summed E-state index contributed by atoms with van der Waals surface area (Å²) < 4.78 is 6.59. The molecule has 5 heteroatoms. The molecule has 0 aromatic carbocycles. The van der Waals surface area contributed by atoms with Crippen LogP contribution in [0.25, 0.3) is 0 Å². The predicted octanol–water partition coefficient (Wildman–Crippen LogP) is -0.561. The van der Waals surface area contributed by atoms with E-state index >= 15 is 0 Å². The quantitative estimate of drug-likeness (QED) is 0.701. The number of pyridine rings is 1. The van der Waals surface area contributed by atoms with E-state index in [9.17, 15) is 9.90 Å². The van der Waals surface area contributed by atoms with Crippen molar-refractivity contribution in [2.45, 2.75) is 6.54 Å². The monoisotopic (exact) mass is 210 g/mol. The van der Waals surface area contributed by atoms with Crippen molar-refractivity contribution in [3.63, 3.8) is 0 Å². The first-order chi connectivity index (χ1) is 7.17. The summed E-state index contributed by atoms with van der Waals surface area (Å²) in [6, 6.07) is 3.29. The molecule has 15 heavy (non-hydrogen) atoms. The lowest BCUT2D eigenvalue weighted by molar-refractivity contribution is -0.145. The normalized spacial score (nSPS) is 18.5. The van der Waals surface area contributed by atoms with Crippen LogP contribution < -0.4 is 11.3 Å². The lowest BCUT2D eigenvalue weighted by Crippen LogP contribution is -2.50. The van der Waals surface area contributed by atoms with Gasteiger partial charge in [0.2, 0.25) is 0 Å². The van der Waals surface area contributed by atoms with Gasteiger partial charge >= 0.3 is 0 Å². The number of anilines is 1. The van der Waals surface area contributed by atoms with Crippen LogP contribution in [0.15, 0.2) is 23.1 Å². The third-order valence-corrected chi connectivity index (χ3v) is 2.71. The molecule has 0 aliphatic carbocycles. The van der Waals surface area contributed by atoms with Gasteiger partial charge in [0, 0.05) is 12.7 Å². The molecule has 0 bridgehead atoms. The SMILES string of the molecule is Nc1cccn(CC2(CO)COC2)c1=O. The van der Waals surface area contributed by atoms with E-state index < -0.39 is 0 Å². The van der Waals surface area contributed by atoms with Crippen molar-refractivity contribution in [3.05, 3.63) is 28.7 Å². The molecular formula is C10H14N2O3. The van der Waals surface area contributed by atoms with E-state index in [1.165, 1.54) is 4.57 Å². The second kappa shape index (κ2) is 3.67. The van der Waals surface area contributed by atoms with Crippen LogP contribution in [0.1, 0.15) is 0 Å². The van der Waals surface area contributed by atoms with Crippen LogP contribution in [-0.4, -0.2) is 29.5 Å². The molecule has 1 aliphatic heterocycles.